The third-order valence-electron chi connectivity index (χ3n) is 3.07. The van der Waals surface area contributed by atoms with Crippen molar-refractivity contribution < 1.29 is 9.47 Å². The lowest BCUT2D eigenvalue weighted by molar-refractivity contribution is 0.299. The minimum absolute atomic E-state index is 0.710. The summed E-state index contributed by atoms with van der Waals surface area (Å²) >= 11 is 0. The summed E-state index contributed by atoms with van der Waals surface area (Å²) in [5, 5.41) is 2.20. The molecule has 0 saturated carbocycles. The number of ether oxygens (including phenoxy) is 2. The molecule has 0 radical (unpaired) electrons. The zero-order chi connectivity index (χ0) is 12.5. The van der Waals surface area contributed by atoms with E-state index in [4.69, 9.17) is 9.47 Å². The van der Waals surface area contributed by atoms with Crippen molar-refractivity contribution in [2.75, 3.05) is 0 Å². The van der Waals surface area contributed by atoms with Gasteiger partial charge in [-0.05, 0) is 17.5 Å². The molecular weight excluding hydrogens is 224 g/mol. The highest BCUT2D eigenvalue weighted by Crippen LogP contribution is 2.41. The Kier molecular flexibility index (Phi) is 2.56. The Morgan fingerprint density at radius 3 is 2.72 bits per heavy atom. The summed E-state index contributed by atoms with van der Waals surface area (Å²) in [5.74, 6) is 3.09. The van der Waals surface area contributed by atoms with Crippen molar-refractivity contribution >= 4 is 10.8 Å². The zero-order valence-corrected chi connectivity index (χ0v) is 10.3. The normalized spacial score (nSPS) is 13.8. The Bertz CT molecular complexity index is 653. The molecule has 1 aliphatic heterocycles. The lowest BCUT2D eigenvalue weighted by Crippen LogP contribution is -2.10. The van der Waals surface area contributed by atoms with Crippen molar-refractivity contribution in [3.05, 3.63) is 60.6 Å². The van der Waals surface area contributed by atoms with Crippen LogP contribution in [-0.4, -0.2) is 0 Å². The third-order valence-corrected chi connectivity index (χ3v) is 3.07. The number of allylic oxidation sites excluding steroid dienone is 2. The molecule has 90 valence electrons. The fraction of sp³-hybridized carbons (Fsp3) is 0.125. The van der Waals surface area contributed by atoms with Crippen LogP contribution in [0.5, 0.6) is 11.5 Å². The quantitative estimate of drug-likeness (QED) is 0.771. The highest BCUT2D eigenvalue weighted by molar-refractivity contribution is 5.91. The van der Waals surface area contributed by atoms with Gasteiger partial charge >= 0.3 is 0 Å². The van der Waals surface area contributed by atoms with Crippen molar-refractivity contribution in [1.82, 2.24) is 0 Å². The Hall–Kier alpha value is -2.22. The molecule has 3 rings (SSSR count). The first-order valence-corrected chi connectivity index (χ1v) is 6.06. The van der Waals surface area contributed by atoms with Gasteiger partial charge in [-0.25, -0.2) is 0 Å². The van der Waals surface area contributed by atoms with Crippen molar-refractivity contribution in [3.8, 4) is 11.5 Å². The van der Waals surface area contributed by atoms with E-state index in [9.17, 15) is 0 Å². The van der Waals surface area contributed by atoms with Gasteiger partial charge in [-0.2, -0.15) is 0 Å². The average molecular weight is 238 g/mol. The number of rotatable bonds is 2. The highest BCUT2D eigenvalue weighted by atomic mass is 16.6. The maximum atomic E-state index is 5.93. The van der Waals surface area contributed by atoms with Crippen LogP contribution < -0.4 is 9.47 Å². The molecule has 0 saturated heterocycles. The molecule has 0 unspecified atom stereocenters. The van der Waals surface area contributed by atoms with Crippen molar-refractivity contribution in [3.63, 3.8) is 0 Å². The van der Waals surface area contributed by atoms with Crippen molar-refractivity contribution in [2.24, 2.45) is 0 Å². The summed E-state index contributed by atoms with van der Waals surface area (Å²) in [4.78, 5) is 0. The second kappa shape index (κ2) is 4.22. The maximum absolute atomic E-state index is 5.93. The first kappa shape index (κ1) is 10.9. The van der Waals surface area contributed by atoms with E-state index in [0.717, 1.165) is 34.5 Å². The minimum Gasteiger partial charge on any atom is -0.454 e. The van der Waals surface area contributed by atoms with E-state index in [0.29, 0.717) is 5.76 Å². The average Bonchev–Trinajstić information content (AvgIpc) is 2.45. The predicted molar refractivity (Wildman–Crippen MR) is 72.7 cm³/mol. The van der Waals surface area contributed by atoms with Crippen LogP contribution in [0.25, 0.3) is 10.8 Å². The van der Waals surface area contributed by atoms with Crippen LogP contribution in [0.1, 0.15) is 13.3 Å². The van der Waals surface area contributed by atoms with Gasteiger partial charge in [0.15, 0.2) is 17.3 Å². The molecular formula is C16H14O2. The van der Waals surface area contributed by atoms with Crippen LogP contribution in [-0.2, 0) is 0 Å². The standard InChI is InChI=1S/C16H14O2/c1-3-13-14(4-2)18-16-12-8-6-5-7-11(12)9-10-15(16)17-13/h4-10H,2-3H2,1H3. The van der Waals surface area contributed by atoms with E-state index >= 15 is 0 Å². The van der Waals surface area contributed by atoms with Gasteiger partial charge in [0.2, 0.25) is 0 Å². The van der Waals surface area contributed by atoms with Gasteiger partial charge < -0.3 is 9.47 Å². The first-order valence-electron chi connectivity index (χ1n) is 6.06. The largest absolute Gasteiger partial charge is 0.454 e. The van der Waals surface area contributed by atoms with E-state index in [1.54, 1.807) is 6.08 Å². The fourth-order valence-corrected chi connectivity index (χ4v) is 2.16. The monoisotopic (exact) mass is 238 g/mol. The Morgan fingerprint density at radius 2 is 1.94 bits per heavy atom. The van der Waals surface area contributed by atoms with Crippen LogP contribution in [0.15, 0.2) is 60.6 Å². The van der Waals surface area contributed by atoms with Crippen LogP contribution >= 0.6 is 0 Å². The van der Waals surface area contributed by atoms with E-state index in [1.807, 2.05) is 37.3 Å². The molecule has 2 nitrogen and oxygen atoms in total. The number of hydrogen-bond acceptors (Lipinski definition) is 2. The van der Waals surface area contributed by atoms with Crippen molar-refractivity contribution in [1.29, 1.82) is 0 Å². The molecule has 0 atom stereocenters. The molecule has 1 aliphatic rings. The molecule has 0 aromatic heterocycles. The first-order chi connectivity index (χ1) is 8.83. The lowest BCUT2D eigenvalue weighted by Gasteiger charge is -2.22. The van der Waals surface area contributed by atoms with E-state index in [2.05, 4.69) is 12.6 Å². The fourth-order valence-electron chi connectivity index (χ4n) is 2.16. The summed E-state index contributed by atoms with van der Waals surface area (Å²) in [6.45, 7) is 5.81. The number of hydrogen-bond donors (Lipinski definition) is 0. The number of fused-ring (bicyclic) bond motifs is 3. The smallest absolute Gasteiger partial charge is 0.177 e. The molecule has 0 N–H and O–H groups in total. The Labute approximate surface area is 106 Å². The van der Waals surface area contributed by atoms with E-state index in [-0.39, 0.29) is 0 Å². The van der Waals surface area contributed by atoms with E-state index < -0.39 is 0 Å². The minimum atomic E-state index is 0.710. The SMILES string of the molecule is C=CC1=C(CC)Oc2ccc3ccccc3c2O1. The number of benzene rings is 2. The summed E-state index contributed by atoms with van der Waals surface area (Å²) in [6, 6.07) is 12.1. The molecule has 0 amide bonds. The summed E-state index contributed by atoms with van der Waals surface area (Å²) in [6.07, 6.45) is 2.48. The molecule has 0 bridgehead atoms. The molecule has 2 aromatic rings. The topological polar surface area (TPSA) is 18.5 Å². The summed E-state index contributed by atoms with van der Waals surface area (Å²) in [7, 11) is 0. The zero-order valence-electron chi connectivity index (χ0n) is 10.3. The molecule has 1 heterocycles. The maximum Gasteiger partial charge on any atom is 0.177 e. The second-order valence-electron chi connectivity index (χ2n) is 4.16. The van der Waals surface area contributed by atoms with Gasteiger partial charge in [-0.1, -0.05) is 43.8 Å². The van der Waals surface area contributed by atoms with E-state index in [1.165, 1.54) is 0 Å². The Morgan fingerprint density at radius 1 is 1.11 bits per heavy atom. The molecule has 0 spiro atoms. The molecule has 0 fully saturated rings. The third kappa shape index (κ3) is 1.58. The van der Waals surface area contributed by atoms with Gasteiger partial charge in [0.25, 0.3) is 0 Å². The van der Waals surface area contributed by atoms with Gasteiger partial charge in [0, 0.05) is 11.8 Å². The van der Waals surface area contributed by atoms with Gasteiger partial charge in [0.05, 0.1) is 0 Å². The van der Waals surface area contributed by atoms with Gasteiger partial charge in [-0.15, -0.1) is 0 Å². The van der Waals surface area contributed by atoms with Crippen LogP contribution in [0.3, 0.4) is 0 Å². The Balaban J connectivity index is 2.20. The van der Waals surface area contributed by atoms with Crippen LogP contribution in [0, 0.1) is 0 Å². The van der Waals surface area contributed by atoms with Crippen molar-refractivity contribution in [2.45, 2.75) is 13.3 Å². The van der Waals surface area contributed by atoms with Gasteiger partial charge in [0.1, 0.15) is 5.76 Å². The second-order valence-corrected chi connectivity index (χ2v) is 4.16. The summed E-state index contributed by atoms with van der Waals surface area (Å²) < 4.78 is 11.8. The molecule has 0 aliphatic carbocycles. The summed E-state index contributed by atoms with van der Waals surface area (Å²) in [5.41, 5.74) is 0. The lowest BCUT2D eigenvalue weighted by atomic mass is 10.1. The molecule has 2 aromatic carbocycles. The molecule has 2 heteroatoms. The highest BCUT2D eigenvalue weighted by Gasteiger charge is 2.20. The molecule has 18 heavy (non-hydrogen) atoms. The van der Waals surface area contributed by atoms with Crippen LogP contribution in [0.4, 0.5) is 0 Å². The van der Waals surface area contributed by atoms with Gasteiger partial charge in [-0.3, -0.25) is 0 Å². The predicted octanol–water partition coefficient (Wildman–Crippen LogP) is 4.42. The van der Waals surface area contributed by atoms with Crippen LogP contribution in [0.2, 0.25) is 0 Å².